The number of rotatable bonds is 6. The number of phenols is 1. The summed E-state index contributed by atoms with van der Waals surface area (Å²) in [6.07, 6.45) is 0. The Morgan fingerprint density at radius 3 is 2.55 bits per heavy atom. The van der Waals surface area contributed by atoms with Crippen LogP contribution < -0.4 is 15.4 Å². The molecular formula is C14H20N2O4. The van der Waals surface area contributed by atoms with Gasteiger partial charge in [0.05, 0.1) is 19.2 Å². The summed E-state index contributed by atoms with van der Waals surface area (Å²) in [6, 6.07) is 4.34. The van der Waals surface area contributed by atoms with E-state index >= 15 is 0 Å². The number of methoxy groups -OCH3 is 1. The van der Waals surface area contributed by atoms with E-state index in [0.29, 0.717) is 18.2 Å². The molecule has 1 aromatic rings. The van der Waals surface area contributed by atoms with Gasteiger partial charge in [0.2, 0.25) is 5.91 Å². The molecule has 0 radical (unpaired) electrons. The molecular weight excluding hydrogens is 260 g/mol. The number of phenolic OH excluding ortho intramolecular Hbond substituents is 1. The lowest BCUT2D eigenvalue weighted by atomic mass is 10.2. The third kappa shape index (κ3) is 4.79. The summed E-state index contributed by atoms with van der Waals surface area (Å²) >= 11 is 0. The zero-order valence-corrected chi connectivity index (χ0v) is 11.9. The van der Waals surface area contributed by atoms with Crippen LogP contribution in [0.1, 0.15) is 24.2 Å². The highest BCUT2D eigenvalue weighted by atomic mass is 16.5. The Morgan fingerprint density at radius 1 is 1.30 bits per heavy atom. The van der Waals surface area contributed by atoms with Gasteiger partial charge in [-0.3, -0.25) is 9.59 Å². The predicted octanol–water partition coefficient (Wildman–Crippen LogP) is 0.903. The smallest absolute Gasteiger partial charge is 0.255 e. The van der Waals surface area contributed by atoms with E-state index < -0.39 is 5.91 Å². The summed E-state index contributed by atoms with van der Waals surface area (Å²) in [5.41, 5.74) is 0.0995. The molecule has 0 aromatic heterocycles. The molecule has 0 spiro atoms. The Bertz CT molecular complexity index is 486. The minimum absolute atomic E-state index is 0.0995. The second-order valence-corrected chi connectivity index (χ2v) is 4.76. The van der Waals surface area contributed by atoms with E-state index in [1.54, 1.807) is 6.07 Å². The summed E-state index contributed by atoms with van der Waals surface area (Å²) in [4.78, 5) is 23.3. The average Bonchev–Trinajstić information content (AvgIpc) is 2.42. The number of benzene rings is 1. The Hall–Kier alpha value is -2.24. The van der Waals surface area contributed by atoms with Crippen molar-refractivity contribution in [3.05, 3.63) is 23.8 Å². The molecule has 6 nitrogen and oxygen atoms in total. The number of hydrogen-bond donors (Lipinski definition) is 3. The molecule has 20 heavy (non-hydrogen) atoms. The molecule has 110 valence electrons. The highest BCUT2D eigenvalue weighted by Crippen LogP contribution is 2.22. The van der Waals surface area contributed by atoms with Gasteiger partial charge in [0, 0.05) is 12.6 Å². The van der Waals surface area contributed by atoms with Crippen LogP contribution in [-0.4, -0.2) is 37.1 Å². The summed E-state index contributed by atoms with van der Waals surface area (Å²) < 4.78 is 4.93. The van der Waals surface area contributed by atoms with E-state index in [2.05, 4.69) is 10.6 Å². The molecule has 1 aromatic carbocycles. The lowest BCUT2D eigenvalue weighted by Crippen LogP contribution is -2.38. The summed E-state index contributed by atoms with van der Waals surface area (Å²) in [5.74, 6) is -0.164. The molecule has 6 heteroatoms. The van der Waals surface area contributed by atoms with Crippen molar-refractivity contribution in [2.45, 2.75) is 13.8 Å². The highest BCUT2D eigenvalue weighted by Gasteiger charge is 2.13. The standard InChI is InChI=1S/C14H20N2O4/c1-9(2)7-15-13(18)8-16-14(19)11-5-4-10(20-3)6-12(11)17/h4-6,9,17H,7-8H2,1-3H3,(H,15,18)(H,16,19). The van der Waals surface area contributed by atoms with Crippen LogP contribution in [0.5, 0.6) is 11.5 Å². The molecule has 3 N–H and O–H groups in total. The van der Waals surface area contributed by atoms with Crippen LogP contribution in [0.4, 0.5) is 0 Å². The molecule has 0 aliphatic rings. The van der Waals surface area contributed by atoms with Gasteiger partial charge in [-0.1, -0.05) is 13.8 Å². The van der Waals surface area contributed by atoms with E-state index in [0.717, 1.165) is 0 Å². The molecule has 0 atom stereocenters. The molecule has 0 heterocycles. The van der Waals surface area contributed by atoms with E-state index in [1.807, 2.05) is 13.8 Å². The third-order valence-corrected chi connectivity index (χ3v) is 2.57. The van der Waals surface area contributed by atoms with E-state index in [4.69, 9.17) is 4.74 Å². The number of carbonyl (C=O) groups excluding carboxylic acids is 2. The van der Waals surface area contributed by atoms with Gasteiger partial charge in [0.15, 0.2) is 0 Å². The van der Waals surface area contributed by atoms with Gasteiger partial charge in [-0.15, -0.1) is 0 Å². The molecule has 0 saturated carbocycles. The molecule has 0 fully saturated rings. The predicted molar refractivity (Wildman–Crippen MR) is 74.8 cm³/mol. The fraction of sp³-hybridized carbons (Fsp3) is 0.429. The Balaban J connectivity index is 2.53. The molecule has 0 saturated heterocycles. The van der Waals surface area contributed by atoms with Gasteiger partial charge in [0.1, 0.15) is 11.5 Å². The van der Waals surface area contributed by atoms with E-state index in [-0.39, 0.29) is 23.8 Å². The molecule has 0 unspecified atom stereocenters. The first-order valence-electron chi connectivity index (χ1n) is 6.36. The van der Waals surface area contributed by atoms with Crippen molar-refractivity contribution in [3.63, 3.8) is 0 Å². The first kappa shape index (κ1) is 15.8. The van der Waals surface area contributed by atoms with Crippen molar-refractivity contribution >= 4 is 11.8 Å². The monoisotopic (exact) mass is 280 g/mol. The van der Waals surface area contributed by atoms with Gasteiger partial charge in [0.25, 0.3) is 5.91 Å². The average molecular weight is 280 g/mol. The van der Waals surface area contributed by atoms with Crippen molar-refractivity contribution in [2.24, 2.45) is 5.92 Å². The van der Waals surface area contributed by atoms with Gasteiger partial charge >= 0.3 is 0 Å². The fourth-order valence-corrected chi connectivity index (χ4v) is 1.47. The minimum Gasteiger partial charge on any atom is -0.507 e. The Labute approximate surface area is 118 Å². The van der Waals surface area contributed by atoms with Crippen molar-refractivity contribution in [2.75, 3.05) is 20.2 Å². The van der Waals surface area contributed by atoms with Gasteiger partial charge in [-0.05, 0) is 18.1 Å². The largest absolute Gasteiger partial charge is 0.507 e. The van der Waals surface area contributed by atoms with Crippen molar-refractivity contribution in [1.29, 1.82) is 0 Å². The maximum Gasteiger partial charge on any atom is 0.255 e. The van der Waals surface area contributed by atoms with E-state index in [9.17, 15) is 14.7 Å². The van der Waals surface area contributed by atoms with Crippen molar-refractivity contribution in [3.8, 4) is 11.5 Å². The van der Waals surface area contributed by atoms with Crippen LogP contribution in [0.25, 0.3) is 0 Å². The zero-order chi connectivity index (χ0) is 15.1. The van der Waals surface area contributed by atoms with Crippen molar-refractivity contribution < 1.29 is 19.4 Å². The molecule has 0 aliphatic heterocycles. The first-order chi connectivity index (χ1) is 9.43. The summed E-state index contributed by atoms with van der Waals surface area (Å²) in [7, 11) is 1.47. The normalized spacial score (nSPS) is 10.2. The van der Waals surface area contributed by atoms with Crippen LogP contribution in [0.2, 0.25) is 0 Å². The van der Waals surface area contributed by atoms with Crippen LogP contribution in [0, 0.1) is 5.92 Å². The first-order valence-corrected chi connectivity index (χ1v) is 6.36. The number of hydrogen-bond acceptors (Lipinski definition) is 4. The van der Waals surface area contributed by atoms with Crippen LogP contribution in [-0.2, 0) is 4.79 Å². The SMILES string of the molecule is COc1ccc(C(=O)NCC(=O)NCC(C)C)c(O)c1. The summed E-state index contributed by atoms with van der Waals surface area (Å²) in [6.45, 7) is 4.39. The fourth-order valence-electron chi connectivity index (χ4n) is 1.47. The third-order valence-electron chi connectivity index (χ3n) is 2.57. The number of carbonyl (C=O) groups is 2. The summed E-state index contributed by atoms with van der Waals surface area (Å²) in [5, 5.41) is 14.8. The number of ether oxygens (including phenoxy) is 1. The van der Waals surface area contributed by atoms with Gasteiger partial charge in [-0.25, -0.2) is 0 Å². The molecule has 1 rings (SSSR count). The molecule has 0 aliphatic carbocycles. The van der Waals surface area contributed by atoms with Gasteiger partial charge in [-0.2, -0.15) is 0 Å². The lowest BCUT2D eigenvalue weighted by Gasteiger charge is -2.10. The highest BCUT2D eigenvalue weighted by molar-refractivity contribution is 5.98. The number of aromatic hydroxyl groups is 1. The second-order valence-electron chi connectivity index (χ2n) is 4.76. The second kappa shape index (κ2) is 7.37. The minimum atomic E-state index is -0.509. The Kier molecular flexibility index (Phi) is 5.83. The topological polar surface area (TPSA) is 87.7 Å². The zero-order valence-electron chi connectivity index (χ0n) is 11.9. The maximum atomic E-state index is 11.8. The van der Waals surface area contributed by atoms with Crippen molar-refractivity contribution in [1.82, 2.24) is 10.6 Å². The van der Waals surface area contributed by atoms with Crippen LogP contribution in [0.3, 0.4) is 0 Å². The number of amides is 2. The van der Waals surface area contributed by atoms with Crippen LogP contribution in [0.15, 0.2) is 18.2 Å². The molecule has 2 amide bonds. The van der Waals surface area contributed by atoms with E-state index in [1.165, 1.54) is 19.2 Å². The molecule has 0 bridgehead atoms. The lowest BCUT2D eigenvalue weighted by molar-refractivity contribution is -0.120. The van der Waals surface area contributed by atoms with Crippen LogP contribution >= 0.6 is 0 Å². The maximum absolute atomic E-state index is 11.8. The van der Waals surface area contributed by atoms with Gasteiger partial charge < -0.3 is 20.5 Å². The number of nitrogens with one attached hydrogen (secondary N) is 2. The quantitative estimate of drug-likeness (QED) is 0.722. The Morgan fingerprint density at radius 2 is 2.00 bits per heavy atom.